The van der Waals surface area contributed by atoms with Crippen LogP contribution < -0.4 is 11.1 Å². The van der Waals surface area contributed by atoms with Gasteiger partial charge in [0.1, 0.15) is 0 Å². The molecule has 0 aliphatic carbocycles. The SMILES string of the molecule is NC1CCCNC1c1ccccn1. The van der Waals surface area contributed by atoms with E-state index in [0.717, 1.165) is 18.7 Å². The zero-order valence-electron chi connectivity index (χ0n) is 7.61. The molecule has 1 saturated heterocycles. The van der Waals surface area contributed by atoms with E-state index in [0.29, 0.717) is 0 Å². The molecule has 3 nitrogen and oxygen atoms in total. The number of nitrogens with two attached hydrogens (primary N) is 1. The third-order valence-electron chi connectivity index (χ3n) is 2.51. The highest BCUT2D eigenvalue weighted by molar-refractivity contribution is 5.11. The highest BCUT2D eigenvalue weighted by atomic mass is 15.0. The van der Waals surface area contributed by atoms with Crippen molar-refractivity contribution in [1.82, 2.24) is 10.3 Å². The Bertz CT molecular complexity index is 260. The first-order chi connectivity index (χ1) is 6.38. The number of pyridine rings is 1. The van der Waals surface area contributed by atoms with Crippen molar-refractivity contribution in [2.45, 2.75) is 24.9 Å². The molecule has 1 aliphatic rings. The summed E-state index contributed by atoms with van der Waals surface area (Å²) >= 11 is 0. The van der Waals surface area contributed by atoms with Crippen LogP contribution in [0.2, 0.25) is 0 Å². The molecular weight excluding hydrogens is 162 g/mol. The minimum absolute atomic E-state index is 0.212. The Balaban J connectivity index is 2.15. The van der Waals surface area contributed by atoms with E-state index in [4.69, 9.17) is 5.73 Å². The lowest BCUT2D eigenvalue weighted by Gasteiger charge is -2.29. The van der Waals surface area contributed by atoms with Gasteiger partial charge in [0.05, 0.1) is 11.7 Å². The second-order valence-electron chi connectivity index (χ2n) is 3.49. The number of hydrogen-bond acceptors (Lipinski definition) is 3. The molecule has 70 valence electrons. The minimum atomic E-state index is 0.212. The molecule has 0 radical (unpaired) electrons. The number of piperidine rings is 1. The van der Waals surface area contributed by atoms with Crippen LogP contribution in [0, 0.1) is 0 Å². The predicted octanol–water partition coefficient (Wildman–Crippen LogP) is 0.833. The molecule has 1 fully saturated rings. The average Bonchev–Trinajstić information content (AvgIpc) is 2.20. The normalized spacial score (nSPS) is 28.7. The number of nitrogens with zero attached hydrogens (tertiary/aromatic N) is 1. The lowest BCUT2D eigenvalue weighted by atomic mass is 9.96. The van der Waals surface area contributed by atoms with Crippen LogP contribution in [0.3, 0.4) is 0 Å². The molecular formula is C10H15N3. The van der Waals surface area contributed by atoms with Crippen LogP contribution in [0.15, 0.2) is 24.4 Å². The molecule has 2 unspecified atom stereocenters. The quantitative estimate of drug-likeness (QED) is 0.668. The second kappa shape index (κ2) is 3.85. The van der Waals surface area contributed by atoms with Crippen LogP contribution in [0.1, 0.15) is 24.6 Å². The minimum Gasteiger partial charge on any atom is -0.326 e. The van der Waals surface area contributed by atoms with Crippen LogP contribution in [0.4, 0.5) is 0 Å². The number of nitrogens with one attached hydrogen (secondary N) is 1. The molecule has 3 heteroatoms. The molecule has 0 amide bonds. The summed E-state index contributed by atoms with van der Waals surface area (Å²) in [7, 11) is 0. The van der Waals surface area contributed by atoms with E-state index in [1.165, 1.54) is 6.42 Å². The fraction of sp³-hybridized carbons (Fsp3) is 0.500. The van der Waals surface area contributed by atoms with E-state index in [9.17, 15) is 0 Å². The van der Waals surface area contributed by atoms with Crippen LogP contribution >= 0.6 is 0 Å². The Morgan fingerprint density at radius 1 is 1.46 bits per heavy atom. The fourth-order valence-electron chi connectivity index (χ4n) is 1.80. The molecule has 1 aromatic heterocycles. The van der Waals surface area contributed by atoms with Gasteiger partial charge < -0.3 is 11.1 Å². The van der Waals surface area contributed by atoms with Gasteiger partial charge in [-0.15, -0.1) is 0 Å². The lowest BCUT2D eigenvalue weighted by Crippen LogP contribution is -2.43. The van der Waals surface area contributed by atoms with E-state index < -0.39 is 0 Å². The molecule has 0 spiro atoms. The maximum atomic E-state index is 6.01. The van der Waals surface area contributed by atoms with Crippen molar-refractivity contribution in [1.29, 1.82) is 0 Å². The largest absolute Gasteiger partial charge is 0.326 e. The van der Waals surface area contributed by atoms with Gasteiger partial charge in [0.15, 0.2) is 0 Å². The highest BCUT2D eigenvalue weighted by Crippen LogP contribution is 2.19. The standard InChI is InChI=1S/C10H15N3/c11-8-4-3-7-13-10(8)9-5-1-2-6-12-9/h1-2,5-6,8,10,13H,3-4,7,11H2. The highest BCUT2D eigenvalue weighted by Gasteiger charge is 2.23. The first-order valence-electron chi connectivity index (χ1n) is 4.78. The van der Waals surface area contributed by atoms with E-state index in [2.05, 4.69) is 10.3 Å². The van der Waals surface area contributed by atoms with Crippen molar-refractivity contribution in [2.24, 2.45) is 5.73 Å². The Morgan fingerprint density at radius 2 is 2.38 bits per heavy atom. The van der Waals surface area contributed by atoms with Gasteiger partial charge in [0, 0.05) is 12.2 Å². The fourth-order valence-corrected chi connectivity index (χ4v) is 1.80. The van der Waals surface area contributed by atoms with Crippen molar-refractivity contribution >= 4 is 0 Å². The van der Waals surface area contributed by atoms with Crippen molar-refractivity contribution in [2.75, 3.05) is 6.54 Å². The first kappa shape index (κ1) is 8.66. The monoisotopic (exact) mass is 177 g/mol. The summed E-state index contributed by atoms with van der Waals surface area (Å²) in [5, 5.41) is 3.40. The van der Waals surface area contributed by atoms with E-state index in [-0.39, 0.29) is 12.1 Å². The Hall–Kier alpha value is -0.930. The van der Waals surface area contributed by atoms with Crippen LogP contribution in [0.25, 0.3) is 0 Å². The molecule has 13 heavy (non-hydrogen) atoms. The average molecular weight is 177 g/mol. The van der Waals surface area contributed by atoms with Crippen LogP contribution in [0.5, 0.6) is 0 Å². The zero-order chi connectivity index (χ0) is 9.10. The summed E-state index contributed by atoms with van der Waals surface area (Å²) in [5.74, 6) is 0. The molecule has 0 bridgehead atoms. The zero-order valence-corrected chi connectivity index (χ0v) is 7.61. The molecule has 2 rings (SSSR count). The second-order valence-corrected chi connectivity index (χ2v) is 3.49. The van der Waals surface area contributed by atoms with Gasteiger partial charge in [-0.3, -0.25) is 4.98 Å². The summed E-state index contributed by atoms with van der Waals surface area (Å²) in [6, 6.07) is 6.42. The van der Waals surface area contributed by atoms with Gasteiger partial charge in [-0.05, 0) is 31.5 Å². The van der Waals surface area contributed by atoms with Crippen LogP contribution in [-0.4, -0.2) is 17.6 Å². The van der Waals surface area contributed by atoms with Crippen molar-refractivity contribution in [3.05, 3.63) is 30.1 Å². The van der Waals surface area contributed by atoms with Crippen molar-refractivity contribution in [3.63, 3.8) is 0 Å². The smallest absolute Gasteiger partial charge is 0.0648 e. The molecule has 1 aliphatic heterocycles. The maximum absolute atomic E-state index is 6.01. The number of rotatable bonds is 1. The van der Waals surface area contributed by atoms with Gasteiger partial charge in [0.25, 0.3) is 0 Å². The molecule has 3 N–H and O–H groups in total. The van der Waals surface area contributed by atoms with Gasteiger partial charge in [-0.25, -0.2) is 0 Å². The predicted molar refractivity (Wildman–Crippen MR) is 52.2 cm³/mol. The Kier molecular flexibility index (Phi) is 2.57. The summed E-state index contributed by atoms with van der Waals surface area (Å²) in [6.45, 7) is 1.05. The molecule has 0 saturated carbocycles. The molecule has 0 aromatic carbocycles. The molecule has 1 aromatic rings. The van der Waals surface area contributed by atoms with Crippen molar-refractivity contribution in [3.8, 4) is 0 Å². The summed E-state index contributed by atoms with van der Waals surface area (Å²) in [5.41, 5.74) is 7.07. The van der Waals surface area contributed by atoms with Gasteiger partial charge in [-0.1, -0.05) is 6.07 Å². The van der Waals surface area contributed by atoms with E-state index in [1.807, 2.05) is 24.4 Å². The van der Waals surface area contributed by atoms with E-state index >= 15 is 0 Å². The maximum Gasteiger partial charge on any atom is 0.0648 e. The van der Waals surface area contributed by atoms with Gasteiger partial charge in [0.2, 0.25) is 0 Å². The van der Waals surface area contributed by atoms with Crippen molar-refractivity contribution < 1.29 is 0 Å². The number of hydrogen-bond donors (Lipinski definition) is 2. The first-order valence-corrected chi connectivity index (χ1v) is 4.78. The summed E-state index contributed by atoms with van der Waals surface area (Å²) < 4.78 is 0. The third kappa shape index (κ3) is 1.87. The lowest BCUT2D eigenvalue weighted by molar-refractivity contribution is 0.352. The summed E-state index contributed by atoms with van der Waals surface area (Å²) in [6.07, 6.45) is 4.08. The topological polar surface area (TPSA) is 50.9 Å². The summed E-state index contributed by atoms with van der Waals surface area (Å²) in [4.78, 5) is 4.31. The molecule has 2 atom stereocenters. The third-order valence-corrected chi connectivity index (χ3v) is 2.51. The Morgan fingerprint density at radius 3 is 3.08 bits per heavy atom. The van der Waals surface area contributed by atoms with E-state index in [1.54, 1.807) is 0 Å². The van der Waals surface area contributed by atoms with Gasteiger partial charge >= 0.3 is 0 Å². The van der Waals surface area contributed by atoms with Crippen LogP contribution in [-0.2, 0) is 0 Å². The Labute approximate surface area is 78.4 Å². The number of aromatic nitrogens is 1. The van der Waals surface area contributed by atoms with Gasteiger partial charge in [-0.2, -0.15) is 0 Å². The molecule has 2 heterocycles.